The van der Waals surface area contributed by atoms with Crippen molar-refractivity contribution in [2.24, 2.45) is 0 Å². The lowest BCUT2D eigenvalue weighted by Crippen LogP contribution is -2.11. The Kier molecular flexibility index (Phi) is 4.38. The van der Waals surface area contributed by atoms with Crippen LogP contribution >= 0.6 is 23.1 Å². The number of H-pyrrole nitrogens is 1. The molecule has 0 radical (unpaired) electrons. The lowest BCUT2D eigenvalue weighted by Gasteiger charge is -2.02. The molecule has 5 nitrogen and oxygen atoms in total. The highest BCUT2D eigenvalue weighted by Crippen LogP contribution is 2.15. The van der Waals surface area contributed by atoms with Crippen molar-refractivity contribution < 1.29 is 9.53 Å². The zero-order valence-corrected chi connectivity index (χ0v) is 11.4. The minimum absolute atomic E-state index is 0.123. The summed E-state index contributed by atoms with van der Waals surface area (Å²) >= 11 is 2.74. The van der Waals surface area contributed by atoms with E-state index in [1.165, 1.54) is 23.1 Å². The Balaban J connectivity index is 1.99. The lowest BCUT2D eigenvalue weighted by atomic mass is 10.4. The quantitative estimate of drug-likeness (QED) is 0.847. The van der Waals surface area contributed by atoms with Crippen LogP contribution in [0.1, 0.15) is 12.7 Å². The molecule has 2 aromatic heterocycles. The average molecular weight is 284 g/mol. The van der Waals surface area contributed by atoms with Gasteiger partial charge in [0.15, 0.2) is 0 Å². The van der Waals surface area contributed by atoms with Crippen LogP contribution in [-0.2, 0) is 15.3 Å². The molecule has 0 fully saturated rings. The molecule has 1 N–H and O–H groups in total. The molecule has 0 aliphatic rings. The standard InChI is InChI=1S/C11H12N2O3S2/c1-2-16-9(14)6-17-5-8-12-7-3-4-18-10(7)11(15)13-8/h3-4H,2,5-6H2,1H3,(H,12,13,15). The maximum Gasteiger partial charge on any atom is 0.315 e. The minimum Gasteiger partial charge on any atom is -0.465 e. The summed E-state index contributed by atoms with van der Waals surface area (Å²) in [7, 11) is 0. The van der Waals surface area contributed by atoms with Crippen LogP contribution in [0.2, 0.25) is 0 Å². The van der Waals surface area contributed by atoms with Crippen LogP contribution in [0, 0.1) is 0 Å². The molecule has 0 spiro atoms. The van der Waals surface area contributed by atoms with Gasteiger partial charge in [-0.05, 0) is 18.4 Å². The molecule has 0 saturated carbocycles. The number of carbonyl (C=O) groups excluding carboxylic acids is 1. The van der Waals surface area contributed by atoms with Crippen molar-refractivity contribution in [1.82, 2.24) is 9.97 Å². The smallest absolute Gasteiger partial charge is 0.315 e. The van der Waals surface area contributed by atoms with Crippen molar-refractivity contribution in [2.75, 3.05) is 12.4 Å². The van der Waals surface area contributed by atoms with E-state index in [1.807, 2.05) is 11.4 Å². The number of thiophene rings is 1. The maximum atomic E-state index is 11.7. The van der Waals surface area contributed by atoms with Gasteiger partial charge in [0.1, 0.15) is 10.5 Å². The number of fused-ring (bicyclic) bond motifs is 1. The molecule has 0 amide bonds. The SMILES string of the molecule is CCOC(=O)CSCc1nc2ccsc2c(=O)[nH]1. The molecule has 96 valence electrons. The summed E-state index contributed by atoms with van der Waals surface area (Å²) in [5, 5.41) is 1.84. The molecule has 0 aliphatic heterocycles. The van der Waals surface area contributed by atoms with Gasteiger partial charge in [0.25, 0.3) is 5.56 Å². The number of hydrogen-bond acceptors (Lipinski definition) is 6. The maximum absolute atomic E-state index is 11.7. The van der Waals surface area contributed by atoms with Crippen molar-refractivity contribution >= 4 is 39.3 Å². The number of aromatic amines is 1. The van der Waals surface area contributed by atoms with Gasteiger partial charge >= 0.3 is 5.97 Å². The Bertz CT molecular complexity index is 606. The molecule has 2 heterocycles. The molecule has 0 bridgehead atoms. The summed E-state index contributed by atoms with van der Waals surface area (Å²) in [6, 6.07) is 1.81. The number of nitrogens with one attached hydrogen (secondary N) is 1. The highest BCUT2D eigenvalue weighted by molar-refractivity contribution is 7.99. The van der Waals surface area contributed by atoms with Crippen molar-refractivity contribution in [3.8, 4) is 0 Å². The molecule has 0 atom stereocenters. The van der Waals surface area contributed by atoms with Gasteiger partial charge < -0.3 is 9.72 Å². The van der Waals surface area contributed by atoms with Crippen LogP contribution < -0.4 is 5.56 Å². The Morgan fingerprint density at radius 3 is 3.22 bits per heavy atom. The van der Waals surface area contributed by atoms with Gasteiger partial charge in [-0.15, -0.1) is 23.1 Å². The largest absolute Gasteiger partial charge is 0.465 e. The van der Waals surface area contributed by atoms with E-state index in [-0.39, 0.29) is 17.3 Å². The average Bonchev–Trinajstić information content (AvgIpc) is 2.78. The summed E-state index contributed by atoms with van der Waals surface area (Å²) in [6.45, 7) is 2.15. The number of carbonyl (C=O) groups is 1. The Hall–Kier alpha value is -1.34. The summed E-state index contributed by atoms with van der Waals surface area (Å²) < 4.78 is 5.44. The zero-order chi connectivity index (χ0) is 13.0. The first-order valence-corrected chi connectivity index (χ1v) is 7.44. The van der Waals surface area contributed by atoms with E-state index in [9.17, 15) is 9.59 Å². The Labute approximate surface area is 112 Å². The normalized spacial score (nSPS) is 10.7. The van der Waals surface area contributed by atoms with E-state index in [4.69, 9.17) is 4.74 Å². The predicted molar refractivity (Wildman–Crippen MR) is 73.0 cm³/mol. The van der Waals surface area contributed by atoms with Crippen molar-refractivity contribution in [3.05, 3.63) is 27.6 Å². The first-order chi connectivity index (χ1) is 8.70. The Morgan fingerprint density at radius 2 is 2.44 bits per heavy atom. The van der Waals surface area contributed by atoms with E-state index in [2.05, 4.69) is 9.97 Å². The monoisotopic (exact) mass is 284 g/mol. The minimum atomic E-state index is -0.249. The van der Waals surface area contributed by atoms with E-state index in [0.717, 1.165) is 0 Å². The fraction of sp³-hybridized carbons (Fsp3) is 0.364. The molecule has 0 saturated heterocycles. The number of esters is 1. The summed E-state index contributed by atoms with van der Waals surface area (Å²) in [4.78, 5) is 29.8. The topological polar surface area (TPSA) is 72.0 Å². The molecular weight excluding hydrogens is 272 g/mol. The fourth-order valence-electron chi connectivity index (χ4n) is 1.42. The van der Waals surface area contributed by atoms with Gasteiger partial charge in [0.05, 0.1) is 23.6 Å². The number of rotatable bonds is 5. The second-order valence-corrected chi connectivity index (χ2v) is 5.35. The lowest BCUT2D eigenvalue weighted by molar-refractivity contribution is -0.139. The van der Waals surface area contributed by atoms with Crippen LogP contribution in [0.3, 0.4) is 0 Å². The van der Waals surface area contributed by atoms with E-state index in [1.54, 1.807) is 6.92 Å². The van der Waals surface area contributed by atoms with Gasteiger partial charge in [-0.2, -0.15) is 0 Å². The zero-order valence-electron chi connectivity index (χ0n) is 9.76. The number of nitrogens with zero attached hydrogens (tertiary/aromatic N) is 1. The highest BCUT2D eigenvalue weighted by atomic mass is 32.2. The summed E-state index contributed by atoms with van der Waals surface area (Å²) in [6.07, 6.45) is 0. The molecule has 0 aliphatic carbocycles. The fourth-order valence-corrected chi connectivity index (χ4v) is 2.83. The molecule has 2 rings (SSSR count). The van der Waals surface area contributed by atoms with Gasteiger partial charge in [0, 0.05) is 0 Å². The third-order valence-corrected chi connectivity index (χ3v) is 3.95. The van der Waals surface area contributed by atoms with Crippen LogP contribution in [-0.4, -0.2) is 28.3 Å². The summed E-state index contributed by atoms with van der Waals surface area (Å²) in [5.41, 5.74) is 0.581. The molecule has 18 heavy (non-hydrogen) atoms. The van der Waals surface area contributed by atoms with Crippen LogP contribution in [0.4, 0.5) is 0 Å². The first-order valence-electron chi connectivity index (χ1n) is 5.40. The van der Waals surface area contributed by atoms with Gasteiger partial charge in [-0.3, -0.25) is 9.59 Å². The third-order valence-electron chi connectivity index (χ3n) is 2.13. The predicted octanol–water partition coefficient (Wildman–Crippen LogP) is 1.78. The Morgan fingerprint density at radius 1 is 1.61 bits per heavy atom. The number of aromatic nitrogens is 2. The van der Waals surface area contributed by atoms with E-state index >= 15 is 0 Å². The van der Waals surface area contributed by atoms with Crippen LogP contribution in [0.5, 0.6) is 0 Å². The second-order valence-electron chi connectivity index (χ2n) is 3.45. The van der Waals surface area contributed by atoms with Crippen LogP contribution in [0.15, 0.2) is 16.2 Å². The molecule has 0 unspecified atom stereocenters. The number of ether oxygens (including phenoxy) is 1. The van der Waals surface area contributed by atoms with Crippen molar-refractivity contribution in [2.45, 2.75) is 12.7 Å². The van der Waals surface area contributed by atoms with Crippen LogP contribution in [0.25, 0.3) is 10.2 Å². The van der Waals surface area contributed by atoms with E-state index < -0.39 is 0 Å². The third kappa shape index (κ3) is 3.11. The van der Waals surface area contributed by atoms with E-state index in [0.29, 0.717) is 28.4 Å². The molecule has 0 aromatic carbocycles. The second kappa shape index (κ2) is 6.01. The van der Waals surface area contributed by atoms with Gasteiger partial charge in [-0.25, -0.2) is 4.98 Å². The molecule has 2 aromatic rings. The number of hydrogen-bond donors (Lipinski definition) is 1. The molecular formula is C11H12N2O3S2. The van der Waals surface area contributed by atoms with Gasteiger partial charge in [-0.1, -0.05) is 0 Å². The van der Waals surface area contributed by atoms with Gasteiger partial charge in [0.2, 0.25) is 0 Å². The highest BCUT2D eigenvalue weighted by Gasteiger charge is 2.06. The van der Waals surface area contributed by atoms with Crippen molar-refractivity contribution in [3.63, 3.8) is 0 Å². The number of thioether (sulfide) groups is 1. The van der Waals surface area contributed by atoms with Crippen molar-refractivity contribution in [1.29, 1.82) is 0 Å². The summed E-state index contributed by atoms with van der Waals surface area (Å²) in [5.74, 6) is 1.08. The first kappa shape index (κ1) is 13.1. The molecule has 7 heteroatoms.